The first-order valence-corrected chi connectivity index (χ1v) is 11.0. The first-order valence-electron chi connectivity index (χ1n) is 11.0. The minimum absolute atomic E-state index is 0.0343. The van der Waals surface area contributed by atoms with Crippen LogP contribution in [0, 0.1) is 5.92 Å². The number of aromatic nitrogens is 2. The molecule has 3 N–H and O–H groups in total. The van der Waals surface area contributed by atoms with Crippen molar-refractivity contribution in [2.45, 2.75) is 64.8 Å². The monoisotopic (exact) mass is 412 g/mol. The third-order valence-electron chi connectivity index (χ3n) is 5.91. The second-order valence-corrected chi connectivity index (χ2v) is 8.15. The number of H-pyrrole nitrogens is 1. The maximum atomic E-state index is 13.1. The summed E-state index contributed by atoms with van der Waals surface area (Å²) in [7, 11) is 0. The fraction of sp³-hybridized carbons (Fsp3) is 0.522. The first kappa shape index (κ1) is 21.9. The van der Waals surface area contributed by atoms with Gasteiger partial charge in [0.2, 0.25) is 5.91 Å². The predicted octanol–water partition coefficient (Wildman–Crippen LogP) is 3.27. The Bertz CT molecular complexity index is 959. The van der Waals surface area contributed by atoms with E-state index in [4.69, 9.17) is 5.73 Å². The van der Waals surface area contributed by atoms with Crippen LogP contribution < -0.4 is 21.9 Å². The molecular weight excluding hydrogens is 380 g/mol. The first-order chi connectivity index (χ1) is 14.5. The summed E-state index contributed by atoms with van der Waals surface area (Å²) in [5.41, 5.74) is 6.08. The fourth-order valence-corrected chi connectivity index (χ4v) is 4.28. The molecule has 30 heavy (non-hydrogen) atoms. The highest BCUT2D eigenvalue weighted by atomic mass is 16.2. The second kappa shape index (κ2) is 10.3. The van der Waals surface area contributed by atoms with Crippen LogP contribution in [0.15, 0.2) is 39.9 Å². The molecule has 7 nitrogen and oxygen atoms in total. The molecule has 0 saturated heterocycles. The largest absolute Gasteiger partial charge is 0.383 e. The number of nitrogens with zero attached hydrogens (tertiary/aromatic N) is 2. The molecule has 1 heterocycles. The molecule has 0 bridgehead atoms. The van der Waals surface area contributed by atoms with Gasteiger partial charge < -0.3 is 10.6 Å². The molecule has 0 aliphatic heterocycles. The van der Waals surface area contributed by atoms with Crippen LogP contribution in [0.4, 0.5) is 11.5 Å². The smallest absolute Gasteiger partial charge is 0.330 e. The molecule has 0 atom stereocenters. The van der Waals surface area contributed by atoms with Crippen molar-refractivity contribution in [1.82, 2.24) is 9.55 Å². The van der Waals surface area contributed by atoms with E-state index in [-0.39, 0.29) is 24.0 Å². The molecule has 0 unspecified atom stereocenters. The van der Waals surface area contributed by atoms with Crippen LogP contribution >= 0.6 is 0 Å². The summed E-state index contributed by atoms with van der Waals surface area (Å²) in [6.07, 6.45) is 8.00. The van der Waals surface area contributed by atoms with Gasteiger partial charge in [-0.1, -0.05) is 69.4 Å². The highest BCUT2D eigenvalue weighted by molar-refractivity contribution is 5.95. The average Bonchev–Trinajstić information content (AvgIpc) is 2.75. The molecule has 1 aromatic heterocycles. The maximum Gasteiger partial charge on any atom is 0.330 e. The van der Waals surface area contributed by atoms with Crippen molar-refractivity contribution in [3.8, 4) is 0 Å². The van der Waals surface area contributed by atoms with Gasteiger partial charge in [0.1, 0.15) is 5.82 Å². The molecule has 1 aliphatic carbocycles. The Morgan fingerprint density at radius 3 is 2.53 bits per heavy atom. The Kier molecular flexibility index (Phi) is 7.49. The standard InChI is InChI=1S/C23H32N4O3/c1-2-15-26(19(28)14-13-17-9-5-3-6-10-17)20-21(24)27(23(30)25-22(20)29)16-18-11-7-4-8-12-18/h4,7-8,11-12,17H,2-3,5-6,9-10,13-16,24H2,1H3,(H,25,29,30). The number of nitrogens with two attached hydrogens (primary N) is 1. The van der Waals surface area contributed by atoms with Gasteiger partial charge in [0.15, 0.2) is 5.69 Å². The van der Waals surface area contributed by atoms with Crippen molar-refractivity contribution in [2.24, 2.45) is 5.92 Å². The number of aromatic amines is 1. The van der Waals surface area contributed by atoms with E-state index in [0.717, 1.165) is 12.0 Å². The number of benzene rings is 1. The minimum atomic E-state index is -0.610. The van der Waals surface area contributed by atoms with Gasteiger partial charge in [-0.2, -0.15) is 0 Å². The molecule has 1 saturated carbocycles. The van der Waals surface area contributed by atoms with Crippen LogP contribution in [0.25, 0.3) is 0 Å². The number of carbonyl (C=O) groups excluding carboxylic acids is 1. The number of amides is 1. The lowest BCUT2D eigenvalue weighted by atomic mass is 9.86. The fourth-order valence-electron chi connectivity index (χ4n) is 4.28. The number of nitrogen functional groups attached to an aromatic ring is 1. The van der Waals surface area contributed by atoms with E-state index in [2.05, 4.69) is 4.98 Å². The number of carbonyl (C=O) groups is 1. The van der Waals surface area contributed by atoms with Crippen molar-refractivity contribution >= 4 is 17.4 Å². The van der Waals surface area contributed by atoms with E-state index in [0.29, 0.717) is 25.3 Å². The van der Waals surface area contributed by atoms with Crippen molar-refractivity contribution in [1.29, 1.82) is 0 Å². The normalized spacial score (nSPS) is 14.6. The Labute approximate surface area is 176 Å². The molecule has 2 aromatic rings. The molecule has 0 spiro atoms. The Balaban J connectivity index is 1.87. The summed E-state index contributed by atoms with van der Waals surface area (Å²) >= 11 is 0. The summed E-state index contributed by atoms with van der Waals surface area (Å²) in [6.45, 7) is 2.57. The summed E-state index contributed by atoms with van der Waals surface area (Å²) in [5, 5.41) is 0. The van der Waals surface area contributed by atoms with E-state index in [1.54, 1.807) is 0 Å². The van der Waals surface area contributed by atoms with Crippen molar-refractivity contribution in [3.05, 3.63) is 56.7 Å². The van der Waals surface area contributed by atoms with Crippen molar-refractivity contribution in [3.63, 3.8) is 0 Å². The van der Waals surface area contributed by atoms with E-state index < -0.39 is 11.2 Å². The van der Waals surface area contributed by atoms with Gasteiger partial charge >= 0.3 is 5.69 Å². The van der Waals surface area contributed by atoms with Gasteiger partial charge in [0.25, 0.3) is 5.56 Å². The molecule has 1 amide bonds. The average molecular weight is 413 g/mol. The SMILES string of the molecule is CCCN(C(=O)CCC1CCCCC1)c1c(N)n(Cc2ccccc2)c(=O)[nH]c1=O. The summed E-state index contributed by atoms with van der Waals surface area (Å²) in [6, 6.07) is 9.41. The van der Waals surface area contributed by atoms with Gasteiger partial charge in [0, 0.05) is 13.0 Å². The quantitative estimate of drug-likeness (QED) is 0.695. The maximum absolute atomic E-state index is 13.1. The molecular formula is C23H32N4O3. The number of hydrogen-bond acceptors (Lipinski definition) is 4. The van der Waals surface area contributed by atoms with Gasteiger partial charge in [-0.3, -0.25) is 19.1 Å². The molecule has 1 fully saturated rings. The number of anilines is 2. The van der Waals surface area contributed by atoms with Crippen molar-refractivity contribution < 1.29 is 4.79 Å². The molecule has 162 valence electrons. The Morgan fingerprint density at radius 2 is 1.87 bits per heavy atom. The predicted molar refractivity (Wildman–Crippen MR) is 120 cm³/mol. The third kappa shape index (κ3) is 5.20. The minimum Gasteiger partial charge on any atom is -0.383 e. The highest BCUT2D eigenvalue weighted by Gasteiger charge is 2.24. The van der Waals surface area contributed by atoms with Crippen LogP contribution in [0.1, 0.15) is 63.9 Å². The Hall–Kier alpha value is -2.83. The van der Waals surface area contributed by atoms with Gasteiger partial charge in [-0.15, -0.1) is 0 Å². The van der Waals surface area contributed by atoms with Crippen LogP contribution in [0.5, 0.6) is 0 Å². The van der Waals surface area contributed by atoms with E-state index in [1.807, 2.05) is 37.3 Å². The van der Waals surface area contributed by atoms with Crippen LogP contribution in [0.3, 0.4) is 0 Å². The van der Waals surface area contributed by atoms with Crippen molar-refractivity contribution in [2.75, 3.05) is 17.2 Å². The molecule has 7 heteroatoms. The number of hydrogen-bond donors (Lipinski definition) is 2. The highest BCUT2D eigenvalue weighted by Crippen LogP contribution is 2.28. The summed E-state index contributed by atoms with van der Waals surface area (Å²) in [4.78, 5) is 42.0. The zero-order chi connectivity index (χ0) is 21.5. The molecule has 3 rings (SSSR count). The summed E-state index contributed by atoms with van der Waals surface area (Å²) < 4.78 is 1.32. The molecule has 1 aromatic carbocycles. The van der Waals surface area contributed by atoms with Gasteiger partial charge in [0.05, 0.1) is 6.54 Å². The van der Waals surface area contributed by atoms with Crippen LogP contribution in [0.2, 0.25) is 0 Å². The lowest BCUT2D eigenvalue weighted by Crippen LogP contribution is -2.41. The lowest BCUT2D eigenvalue weighted by Gasteiger charge is -2.26. The lowest BCUT2D eigenvalue weighted by molar-refractivity contribution is -0.119. The van der Waals surface area contributed by atoms with E-state index in [9.17, 15) is 14.4 Å². The zero-order valence-corrected chi connectivity index (χ0v) is 17.7. The van der Waals surface area contributed by atoms with Crippen LogP contribution in [-0.4, -0.2) is 22.0 Å². The van der Waals surface area contributed by atoms with Gasteiger partial charge in [-0.25, -0.2) is 4.79 Å². The molecule has 0 radical (unpaired) electrons. The number of nitrogens with one attached hydrogen (secondary N) is 1. The van der Waals surface area contributed by atoms with Crippen LogP contribution in [-0.2, 0) is 11.3 Å². The molecule has 1 aliphatic rings. The Morgan fingerprint density at radius 1 is 1.17 bits per heavy atom. The van der Waals surface area contributed by atoms with E-state index >= 15 is 0 Å². The zero-order valence-electron chi connectivity index (χ0n) is 17.7. The third-order valence-corrected chi connectivity index (χ3v) is 5.91. The second-order valence-electron chi connectivity index (χ2n) is 8.15. The number of rotatable bonds is 8. The van der Waals surface area contributed by atoms with E-state index in [1.165, 1.54) is 41.6 Å². The van der Waals surface area contributed by atoms with Gasteiger partial charge in [-0.05, 0) is 24.3 Å². The topological polar surface area (TPSA) is 101 Å². The summed E-state index contributed by atoms with van der Waals surface area (Å²) in [5.74, 6) is 0.505.